The third-order valence-electron chi connectivity index (χ3n) is 4.48. The van der Waals surface area contributed by atoms with Crippen LogP contribution in [0.15, 0.2) is 88.5 Å². The molecule has 0 aliphatic rings. The molecule has 0 aliphatic heterocycles. The van der Waals surface area contributed by atoms with Crippen LogP contribution in [0, 0.1) is 6.92 Å². The SMILES string of the molecule is Cc1cc(CSc2ncccc2C(=O)OCC(=O)Nc2ccc(Oc3ccccc3)cc2)no1. The van der Waals surface area contributed by atoms with Crippen LogP contribution in [0.25, 0.3) is 0 Å². The van der Waals surface area contributed by atoms with E-state index in [1.807, 2.05) is 43.3 Å². The Morgan fingerprint density at radius 2 is 1.76 bits per heavy atom. The molecule has 0 aliphatic carbocycles. The number of benzene rings is 2. The highest BCUT2D eigenvalue weighted by atomic mass is 32.2. The van der Waals surface area contributed by atoms with Gasteiger partial charge in [0.2, 0.25) is 0 Å². The first kappa shape index (κ1) is 23.1. The number of carbonyl (C=O) groups is 2. The lowest BCUT2D eigenvalue weighted by Gasteiger charge is -2.10. The summed E-state index contributed by atoms with van der Waals surface area (Å²) in [5.74, 6) is 1.46. The maximum absolute atomic E-state index is 12.5. The molecule has 2 heterocycles. The van der Waals surface area contributed by atoms with Gasteiger partial charge in [-0.2, -0.15) is 0 Å². The van der Waals surface area contributed by atoms with Crippen molar-refractivity contribution in [3.8, 4) is 11.5 Å². The normalized spacial score (nSPS) is 10.5. The number of thioether (sulfide) groups is 1. The molecule has 1 N–H and O–H groups in total. The number of para-hydroxylation sites is 1. The van der Waals surface area contributed by atoms with Crippen LogP contribution in [0.2, 0.25) is 0 Å². The summed E-state index contributed by atoms with van der Waals surface area (Å²) >= 11 is 1.33. The average Bonchev–Trinajstić information content (AvgIpc) is 3.28. The average molecular weight is 476 g/mol. The third-order valence-corrected chi connectivity index (χ3v) is 5.51. The predicted molar refractivity (Wildman–Crippen MR) is 127 cm³/mol. The maximum atomic E-state index is 12.5. The Morgan fingerprint density at radius 3 is 2.50 bits per heavy atom. The summed E-state index contributed by atoms with van der Waals surface area (Å²) < 4.78 is 16.0. The first-order valence-corrected chi connectivity index (χ1v) is 11.4. The highest BCUT2D eigenvalue weighted by Gasteiger charge is 2.16. The summed E-state index contributed by atoms with van der Waals surface area (Å²) in [6.07, 6.45) is 1.59. The third kappa shape index (κ3) is 6.46. The molecule has 0 saturated carbocycles. The lowest BCUT2D eigenvalue weighted by atomic mass is 10.3. The molecule has 2 aromatic carbocycles. The van der Waals surface area contributed by atoms with Gasteiger partial charge in [0.15, 0.2) is 6.61 Å². The van der Waals surface area contributed by atoms with E-state index in [0.29, 0.717) is 28.0 Å². The topological polar surface area (TPSA) is 104 Å². The van der Waals surface area contributed by atoms with Crippen molar-refractivity contribution >= 4 is 29.3 Å². The van der Waals surface area contributed by atoms with Gasteiger partial charge in [-0.25, -0.2) is 9.78 Å². The number of rotatable bonds is 9. The Balaban J connectivity index is 1.28. The molecule has 0 radical (unpaired) electrons. The van der Waals surface area contributed by atoms with Gasteiger partial charge in [0.05, 0.1) is 11.3 Å². The molecule has 0 spiro atoms. The van der Waals surface area contributed by atoms with Crippen molar-refractivity contribution in [2.24, 2.45) is 0 Å². The van der Waals surface area contributed by atoms with E-state index in [1.54, 1.807) is 42.6 Å². The molecule has 8 nitrogen and oxygen atoms in total. The second-order valence-electron chi connectivity index (χ2n) is 7.14. The standard InChI is InChI=1S/C25H21N3O5S/c1-17-14-19(28-33-17)16-34-24-22(8-5-13-26-24)25(30)31-15-23(29)27-18-9-11-21(12-10-18)32-20-6-3-2-4-7-20/h2-14H,15-16H2,1H3,(H,27,29). The first-order valence-electron chi connectivity index (χ1n) is 10.4. The van der Waals surface area contributed by atoms with Crippen LogP contribution in [0.1, 0.15) is 21.8 Å². The molecule has 0 fully saturated rings. The van der Waals surface area contributed by atoms with Gasteiger partial charge in [-0.15, -0.1) is 0 Å². The van der Waals surface area contributed by atoms with Crippen LogP contribution in [-0.4, -0.2) is 28.6 Å². The van der Waals surface area contributed by atoms with Crippen molar-refractivity contribution in [2.75, 3.05) is 11.9 Å². The summed E-state index contributed by atoms with van der Waals surface area (Å²) in [5, 5.41) is 7.11. The highest BCUT2D eigenvalue weighted by Crippen LogP contribution is 2.25. The summed E-state index contributed by atoms with van der Waals surface area (Å²) in [7, 11) is 0. The van der Waals surface area contributed by atoms with Gasteiger partial charge in [-0.1, -0.05) is 35.1 Å². The molecule has 4 aromatic rings. The van der Waals surface area contributed by atoms with Gasteiger partial charge in [-0.05, 0) is 55.5 Å². The molecule has 1 amide bonds. The molecular formula is C25H21N3O5S. The van der Waals surface area contributed by atoms with Gasteiger partial charge < -0.3 is 19.3 Å². The van der Waals surface area contributed by atoms with E-state index in [0.717, 1.165) is 11.4 Å². The van der Waals surface area contributed by atoms with Crippen LogP contribution in [0.5, 0.6) is 11.5 Å². The van der Waals surface area contributed by atoms with Gasteiger partial charge in [0, 0.05) is 23.7 Å². The molecule has 4 rings (SSSR count). The molecule has 0 bridgehead atoms. The van der Waals surface area contributed by atoms with Gasteiger partial charge >= 0.3 is 5.97 Å². The number of nitrogens with zero attached hydrogens (tertiary/aromatic N) is 2. The van der Waals surface area contributed by atoms with Crippen molar-refractivity contribution in [1.82, 2.24) is 10.1 Å². The van der Waals surface area contributed by atoms with E-state index in [2.05, 4.69) is 15.5 Å². The quantitative estimate of drug-likeness (QED) is 0.258. The van der Waals surface area contributed by atoms with Crippen LogP contribution in [0.3, 0.4) is 0 Å². The minimum atomic E-state index is -0.631. The summed E-state index contributed by atoms with van der Waals surface area (Å²) in [5.41, 5.74) is 1.58. The number of hydrogen-bond donors (Lipinski definition) is 1. The number of aryl methyl sites for hydroxylation is 1. The summed E-state index contributed by atoms with van der Waals surface area (Å²) in [4.78, 5) is 29.1. The number of amides is 1. The summed E-state index contributed by atoms with van der Waals surface area (Å²) in [6, 6.07) is 21.3. The van der Waals surface area contributed by atoms with Crippen LogP contribution >= 0.6 is 11.8 Å². The van der Waals surface area contributed by atoms with Crippen molar-refractivity contribution in [3.63, 3.8) is 0 Å². The van der Waals surface area contributed by atoms with Crippen LogP contribution in [0.4, 0.5) is 5.69 Å². The van der Waals surface area contributed by atoms with Crippen LogP contribution < -0.4 is 10.1 Å². The molecule has 0 atom stereocenters. The number of esters is 1. The van der Waals surface area contributed by atoms with Gasteiger partial charge in [-0.3, -0.25) is 4.79 Å². The van der Waals surface area contributed by atoms with Crippen molar-refractivity contribution in [2.45, 2.75) is 17.7 Å². The maximum Gasteiger partial charge on any atom is 0.341 e. The zero-order valence-corrected chi connectivity index (χ0v) is 19.1. The number of pyridine rings is 1. The smallest absolute Gasteiger partial charge is 0.341 e. The minimum absolute atomic E-state index is 0.280. The Morgan fingerprint density at radius 1 is 1.00 bits per heavy atom. The molecular weight excluding hydrogens is 454 g/mol. The zero-order chi connectivity index (χ0) is 23.8. The monoisotopic (exact) mass is 475 g/mol. The van der Waals surface area contributed by atoms with Crippen molar-refractivity contribution in [3.05, 3.63) is 96.0 Å². The number of ether oxygens (including phenoxy) is 2. The molecule has 9 heteroatoms. The largest absolute Gasteiger partial charge is 0.457 e. The first-order chi connectivity index (χ1) is 16.6. The Hall–Kier alpha value is -4.11. The highest BCUT2D eigenvalue weighted by molar-refractivity contribution is 7.98. The lowest BCUT2D eigenvalue weighted by Crippen LogP contribution is -2.21. The predicted octanol–water partition coefficient (Wildman–Crippen LogP) is 5.26. The molecule has 0 unspecified atom stereocenters. The van der Waals surface area contributed by atoms with Crippen molar-refractivity contribution < 1.29 is 23.6 Å². The number of hydrogen-bond acceptors (Lipinski definition) is 8. The van der Waals surface area contributed by atoms with E-state index < -0.39 is 18.5 Å². The van der Waals surface area contributed by atoms with E-state index in [9.17, 15) is 9.59 Å². The molecule has 34 heavy (non-hydrogen) atoms. The van der Waals surface area contributed by atoms with Gasteiger partial charge in [0.1, 0.15) is 22.3 Å². The van der Waals surface area contributed by atoms with E-state index in [1.165, 1.54) is 11.8 Å². The fourth-order valence-corrected chi connectivity index (χ4v) is 3.79. The fraction of sp³-hybridized carbons (Fsp3) is 0.120. The van der Waals surface area contributed by atoms with E-state index >= 15 is 0 Å². The Labute approximate surface area is 200 Å². The van der Waals surface area contributed by atoms with E-state index in [-0.39, 0.29) is 5.56 Å². The van der Waals surface area contributed by atoms with Gasteiger partial charge in [0.25, 0.3) is 5.91 Å². The number of anilines is 1. The Kier molecular flexibility index (Phi) is 7.56. The minimum Gasteiger partial charge on any atom is -0.457 e. The lowest BCUT2D eigenvalue weighted by molar-refractivity contribution is -0.119. The van der Waals surface area contributed by atoms with Crippen molar-refractivity contribution in [1.29, 1.82) is 0 Å². The van der Waals surface area contributed by atoms with Crippen LogP contribution in [-0.2, 0) is 15.3 Å². The second-order valence-corrected chi connectivity index (χ2v) is 8.10. The van der Waals surface area contributed by atoms with E-state index in [4.69, 9.17) is 14.0 Å². The zero-order valence-electron chi connectivity index (χ0n) is 18.3. The molecule has 0 saturated heterocycles. The summed E-state index contributed by atoms with van der Waals surface area (Å²) in [6.45, 7) is 1.38. The number of carbonyl (C=O) groups excluding carboxylic acids is 2. The number of aromatic nitrogens is 2. The molecule has 2 aromatic heterocycles. The molecule has 172 valence electrons. The number of nitrogens with one attached hydrogen (secondary N) is 1. The second kappa shape index (κ2) is 11.2. The fourth-order valence-electron chi connectivity index (χ4n) is 2.93. The Bertz CT molecular complexity index is 1260.